The summed E-state index contributed by atoms with van der Waals surface area (Å²) in [6.45, 7) is 2.04. The number of alkyl halides is 3. The fourth-order valence-electron chi connectivity index (χ4n) is 2.20. The first kappa shape index (κ1) is 16.3. The van der Waals surface area contributed by atoms with Gasteiger partial charge in [0.05, 0.1) is 16.6 Å². The minimum Gasteiger partial charge on any atom is -0.391 e. The van der Waals surface area contributed by atoms with Crippen molar-refractivity contribution in [3.05, 3.63) is 29.8 Å². The summed E-state index contributed by atoms with van der Waals surface area (Å²) in [7, 11) is -3.87. The summed E-state index contributed by atoms with van der Waals surface area (Å²) >= 11 is 0. The number of aliphatic hydroxyl groups excluding tert-OH is 1. The lowest BCUT2D eigenvalue weighted by Gasteiger charge is -2.33. The van der Waals surface area contributed by atoms with Gasteiger partial charge in [-0.2, -0.15) is 17.5 Å². The Morgan fingerprint density at radius 1 is 1.24 bits per heavy atom. The van der Waals surface area contributed by atoms with Crippen molar-refractivity contribution in [2.75, 3.05) is 13.1 Å². The van der Waals surface area contributed by atoms with E-state index in [9.17, 15) is 26.7 Å². The van der Waals surface area contributed by atoms with Crippen LogP contribution >= 0.6 is 0 Å². The highest BCUT2D eigenvalue weighted by Crippen LogP contribution is 2.30. The molecule has 21 heavy (non-hydrogen) atoms. The molecule has 0 radical (unpaired) electrons. The molecule has 0 amide bonds. The van der Waals surface area contributed by atoms with E-state index in [2.05, 4.69) is 0 Å². The minimum absolute atomic E-state index is 0.00376. The second-order valence-corrected chi connectivity index (χ2v) is 7.16. The quantitative estimate of drug-likeness (QED) is 0.907. The summed E-state index contributed by atoms with van der Waals surface area (Å²) in [6.07, 6.45) is -4.75. The Morgan fingerprint density at radius 2 is 1.81 bits per heavy atom. The number of hydrogen-bond acceptors (Lipinski definition) is 3. The van der Waals surface area contributed by atoms with Crippen LogP contribution in [0.1, 0.15) is 18.9 Å². The molecule has 1 aromatic rings. The van der Waals surface area contributed by atoms with Gasteiger partial charge in [0.2, 0.25) is 10.0 Å². The van der Waals surface area contributed by atoms with Crippen molar-refractivity contribution in [3.8, 4) is 0 Å². The zero-order chi connectivity index (χ0) is 15.8. The Morgan fingerprint density at radius 3 is 2.29 bits per heavy atom. The van der Waals surface area contributed by atoms with Gasteiger partial charge < -0.3 is 5.11 Å². The molecule has 0 aliphatic carbocycles. The van der Waals surface area contributed by atoms with Crippen LogP contribution in [-0.4, -0.2) is 37.0 Å². The molecule has 1 aliphatic heterocycles. The van der Waals surface area contributed by atoms with E-state index in [0.29, 0.717) is 6.42 Å². The Labute approximate surface area is 121 Å². The molecule has 1 fully saturated rings. The van der Waals surface area contributed by atoms with E-state index in [1.54, 1.807) is 0 Å². The zero-order valence-electron chi connectivity index (χ0n) is 11.3. The van der Waals surface area contributed by atoms with Crippen molar-refractivity contribution in [2.24, 2.45) is 5.92 Å². The van der Waals surface area contributed by atoms with Crippen LogP contribution in [0.4, 0.5) is 13.2 Å². The van der Waals surface area contributed by atoms with Crippen LogP contribution in [0.5, 0.6) is 0 Å². The van der Waals surface area contributed by atoms with E-state index in [1.807, 2.05) is 6.92 Å². The van der Waals surface area contributed by atoms with Gasteiger partial charge in [0.15, 0.2) is 0 Å². The molecule has 8 heteroatoms. The topological polar surface area (TPSA) is 57.6 Å². The Kier molecular flexibility index (Phi) is 4.32. The maximum Gasteiger partial charge on any atom is 0.416 e. The summed E-state index contributed by atoms with van der Waals surface area (Å²) < 4.78 is 63.2. The van der Waals surface area contributed by atoms with E-state index in [1.165, 1.54) is 0 Å². The Bertz CT molecular complexity index is 598. The van der Waals surface area contributed by atoms with Crippen molar-refractivity contribution in [1.82, 2.24) is 4.31 Å². The molecule has 2 unspecified atom stereocenters. The summed E-state index contributed by atoms with van der Waals surface area (Å²) in [5.41, 5.74) is -0.895. The molecule has 0 saturated carbocycles. The second-order valence-electron chi connectivity index (χ2n) is 5.22. The van der Waals surface area contributed by atoms with Crippen LogP contribution in [0.15, 0.2) is 29.2 Å². The fraction of sp³-hybridized carbons (Fsp3) is 0.538. The first-order valence-electron chi connectivity index (χ1n) is 6.48. The lowest BCUT2D eigenvalue weighted by atomic mass is 9.98. The van der Waals surface area contributed by atoms with Crippen LogP contribution < -0.4 is 0 Å². The van der Waals surface area contributed by atoms with Crippen LogP contribution in [0.3, 0.4) is 0 Å². The van der Waals surface area contributed by atoms with Gasteiger partial charge in [0.1, 0.15) is 0 Å². The maximum atomic E-state index is 12.5. The number of rotatable bonds is 2. The third kappa shape index (κ3) is 3.38. The number of β-amino-alcohol motifs (C(OH)–C–C–N with tert-alkyl or cyclic N) is 1. The molecule has 4 nitrogen and oxygen atoms in total. The molecule has 1 aliphatic rings. The molecule has 1 saturated heterocycles. The van der Waals surface area contributed by atoms with E-state index < -0.39 is 27.9 Å². The standard InChI is InChI=1S/C13H16F3NO3S/c1-9-6-7-17(8-12(9)18)21(19,20)11-4-2-10(3-5-11)13(14,15)16/h2-5,9,12,18H,6-8H2,1H3. The van der Waals surface area contributed by atoms with Crippen LogP contribution in [0.25, 0.3) is 0 Å². The highest BCUT2D eigenvalue weighted by Gasteiger charge is 2.34. The Balaban J connectivity index is 2.24. The number of nitrogens with zero attached hydrogens (tertiary/aromatic N) is 1. The van der Waals surface area contributed by atoms with Gasteiger partial charge in [-0.3, -0.25) is 0 Å². The van der Waals surface area contributed by atoms with Gasteiger partial charge in [0, 0.05) is 13.1 Å². The van der Waals surface area contributed by atoms with Gasteiger partial charge in [-0.05, 0) is 36.6 Å². The highest BCUT2D eigenvalue weighted by atomic mass is 32.2. The Hall–Kier alpha value is -1.12. The molecule has 2 rings (SSSR count). The number of aliphatic hydroxyl groups is 1. The van der Waals surface area contributed by atoms with E-state index in [0.717, 1.165) is 28.6 Å². The average Bonchev–Trinajstić information content (AvgIpc) is 2.41. The number of hydrogen-bond donors (Lipinski definition) is 1. The molecule has 0 spiro atoms. The number of piperidine rings is 1. The maximum absolute atomic E-state index is 12.5. The van der Waals surface area contributed by atoms with Crippen LogP contribution in [0, 0.1) is 5.92 Å². The summed E-state index contributed by atoms with van der Waals surface area (Å²) in [6, 6.07) is 3.39. The molecule has 0 bridgehead atoms. The summed E-state index contributed by atoms with van der Waals surface area (Å²) in [5, 5.41) is 9.75. The predicted octanol–water partition coefficient (Wildman–Crippen LogP) is 2.10. The largest absolute Gasteiger partial charge is 0.416 e. The van der Waals surface area contributed by atoms with Crippen molar-refractivity contribution in [3.63, 3.8) is 0 Å². The summed E-state index contributed by atoms with van der Waals surface area (Å²) in [5.74, 6) is 0.00376. The number of halogens is 3. The van der Waals surface area contributed by atoms with E-state index in [4.69, 9.17) is 0 Å². The molecular formula is C13H16F3NO3S. The third-order valence-corrected chi connectivity index (χ3v) is 5.58. The van der Waals surface area contributed by atoms with Crippen molar-refractivity contribution < 1.29 is 26.7 Å². The van der Waals surface area contributed by atoms with Gasteiger partial charge in [-0.25, -0.2) is 8.42 Å². The molecule has 118 valence electrons. The van der Waals surface area contributed by atoms with Gasteiger partial charge in [-0.15, -0.1) is 0 Å². The average molecular weight is 323 g/mol. The molecule has 2 atom stereocenters. The van der Waals surface area contributed by atoms with E-state index in [-0.39, 0.29) is 23.9 Å². The second kappa shape index (κ2) is 5.58. The number of sulfonamides is 1. The fourth-order valence-corrected chi connectivity index (χ4v) is 3.68. The van der Waals surface area contributed by atoms with Gasteiger partial charge in [0.25, 0.3) is 0 Å². The first-order valence-corrected chi connectivity index (χ1v) is 7.92. The minimum atomic E-state index is -4.50. The zero-order valence-corrected chi connectivity index (χ0v) is 12.2. The lowest BCUT2D eigenvalue weighted by Crippen LogP contribution is -2.45. The highest BCUT2D eigenvalue weighted by molar-refractivity contribution is 7.89. The summed E-state index contributed by atoms with van der Waals surface area (Å²) in [4.78, 5) is -0.197. The third-order valence-electron chi connectivity index (χ3n) is 3.70. The van der Waals surface area contributed by atoms with Gasteiger partial charge in [-0.1, -0.05) is 6.92 Å². The van der Waals surface area contributed by atoms with Crippen molar-refractivity contribution in [1.29, 1.82) is 0 Å². The predicted molar refractivity (Wildman–Crippen MR) is 70.0 cm³/mol. The normalized spacial score (nSPS) is 25.0. The monoisotopic (exact) mass is 323 g/mol. The van der Waals surface area contributed by atoms with Crippen LogP contribution in [0.2, 0.25) is 0 Å². The molecule has 1 N–H and O–H groups in total. The SMILES string of the molecule is CC1CCN(S(=O)(=O)c2ccc(C(F)(F)F)cc2)CC1O. The lowest BCUT2D eigenvalue weighted by molar-refractivity contribution is -0.137. The number of benzene rings is 1. The van der Waals surface area contributed by atoms with Crippen LogP contribution in [-0.2, 0) is 16.2 Å². The smallest absolute Gasteiger partial charge is 0.391 e. The molecule has 0 aromatic heterocycles. The van der Waals surface area contributed by atoms with Gasteiger partial charge >= 0.3 is 6.18 Å². The van der Waals surface area contributed by atoms with E-state index >= 15 is 0 Å². The van der Waals surface area contributed by atoms with Crippen molar-refractivity contribution >= 4 is 10.0 Å². The first-order chi connectivity index (χ1) is 9.62. The van der Waals surface area contributed by atoms with Crippen molar-refractivity contribution in [2.45, 2.75) is 30.5 Å². The molecular weight excluding hydrogens is 307 g/mol. The molecule has 1 aromatic carbocycles. The molecule has 1 heterocycles.